The second-order valence-corrected chi connectivity index (χ2v) is 12.1. The van der Waals surface area contributed by atoms with Crippen molar-refractivity contribution in [3.8, 4) is 11.1 Å². The number of piperazine rings is 1. The number of rotatable bonds is 8. The zero-order chi connectivity index (χ0) is 27.0. The lowest BCUT2D eigenvalue weighted by Gasteiger charge is -2.33. The van der Waals surface area contributed by atoms with E-state index in [1.54, 1.807) is 4.31 Å². The van der Waals surface area contributed by atoms with Crippen molar-refractivity contribution in [3.05, 3.63) is 78.4 Å². The Bertz CT molecular complexity index is 1720. The summed E-state index contributed by atoms with van der Waals surface area (Å²) in [5.74, 6) is 0.442. The SMILES string of the molecule is CS(=O)(=O)N1CCN(CCCc2cc(-c3ccc4cn(Cc5ccccc5)nc4c3)c3c(N)ncnn23)CC1. The summed E-state index contributed by atoms with van der Waals surface area (Å²) in [6.45, 7) is 4.20. The highest BCUT2D eigenvalue weighted by molar-refractivity contribution is 7.88. The summed E-state index contributed by atoms with van der Waals surface area (Å²) >= 11 is 0. The van der Waals surface area contributed by atoms with Crippen LogP contribution in [0.15, 0.2) is 67.1 Å². The summed E-state index contributed by atoms with van der Waals surface area (Å²) in [6, 6.07) is 18.8. The van der Waals surface area contributed by atoms with Gasteiger partial charge in [0.05, 0.1) is 18.3 Å². The number of aromatic nitrogens is 5. The number of nitrogens with zero attached hydrogens (tertiary/aromatic N) is 7. The molecule has 10 nitrogen and oxygen atoms in total. The average Bonchev–Trinajstić information content (AvgIpc) is 3.50. The molecule has 39 heavy (non-hydrogen) atoms. The molecule has 1 saturated heterocycles. The van der Waals surface area contributed by atoms with Gasteiger partial charge in [0, 0.05) is 49.0 Å². The minimum atomic E-state index is -3.12. The average molecular weight is 545 g/mol. The van der Waals surface area contributed by atoms with Crippen LogP contribution in [0.3, 0.4) is 0 Å². The van der Waals surface area contributed by atoms with Crippen LogP contribution in [0, 0.1) is 0 Å². The Morgan fingerprint density at radius 2 is 1.79 bits per heavy atom. The van der Waals surface area contributed by atoms with Crippen LogP contribution in [-0.4, -0.2) is 81.0 Å². The fourth-order valence-electron chi connectivity index (χ4n) is 5.39. The van der Waals surface area contributed by atoms with E-state index < -0.39 is 10.0 Å². The van der Waals surface area contributed by atoms with Gasteiger partial charge in [0.15, 0.2) is 5.82 Å². The number of fused-ring (bicyclic) bond motifs is 2. The van der Waals surface area contributed by atoms with Gasteiger partial charge in [0.1, 0.15) is 11.8 Å². The summed E-state index contributed by atoms with van der Waals surface area (Å²) in [4.78, 5) is 6.59. The molecule has 4 heterocycles. The van der Waals surface area contributed by atoms with E-state index in [0.717, 1.165) is 65.7 Å². The molecule has 6 rings (SSSR count). The van der Waals surface area contributed by atoms with Crippen LogP contribution in [0.5, 0.6) is 0 Å². The van der Waals surface area contributed by atoms with E-state index in [-0.39, 0.29) is 0 Å². The van der Waals surface area contributed by atoms with E-state index in [1.807, 2.05) is 27.4 Å². The molecule has 11 heteroatoms. The fraction of sp³-hybridized carbons (Fsp3) is 0.321. The molecule has 0 amide bonds. The molecule has 202 valence electrons. The third kappa shape index (κ3) is 5.38. The Kier molecular flexibility index (Phi) is 6.79. The van der Waals surface area contributed by atoms with Gasteiger partial charge in [-0.1, -0.05) is 42.5 Å². The lowest BCUT2D eigenvalue weighted by molar-refractivity contribution is 0.187. The van der Waals surface area contributed by atoms with Gasteiger partial charge in [0.2, 0.25) is 10.0 Å². The summed E-state index contributed by atoms with van der Waals surface area (Å²) in [7, 11) is -3.12. The van der Waals surface area contributed by atoms with Crippen LogP contribution in [0.1, 0.15) is 17.7 Å². The Hall–Kier alpha value is -3.80. The second-order valence-electron chi connectivity index (χ2n) is 10.1. The summed E-state index contributed by atoms with van der Waals surface area (Å²) in [5.41, 5.74) is 12.4. The van der Waals surface area contributed by atoms with Gasteiger partial charge in [-0.3, -0.25) is 4.68 Å². The van der Waals surface area contributed by atoms with E-state index in [0.29, 0.717) is 25.5 Å². The molecular weight excluding hydrogens is 512 g/mol. The van der Waals surface area contributed by atoms with Crippen molar-refractivity contribution in [2.75, 3.05) is 44.7 Å². The largest absolute Gasteiger partial charge is 0.382 e. The number of hydrogen-bond donors (Lipinski definition) is 1. The molecule has 5 aromatic rings. The van der Waals surface area contributed by atoms with Crippen molar-refractivity contribution in [2.24, 2.45) is 0 Å². The maximum absolute atomic E-state index is 11.8. The summed E-state index contributed by atoms with van der Waals surface area (Å²) in [5, 5.41) is 10.4. The molecule has 0 aliphatic carbocycles. The van der Waals surface area contributed by atoms with E-state index in [4.69, 9.17) is 10.8 Å². The molecule has 0 atom stereocenters. The molecule has 0 unspecified atom stereocenters. The number of benzene rings is 2. The molecule has 2 N–H and O–H groups in total. The highest BCUT2D eigenvalue weighted by atomic mass is 32.2. The lowest BCUT2D eigenvalue weighted by Crippen LogP contribution is -2.48. The van der Waals surface area contributed by atoms with Crippen LogP contribution in [0.2, 0.25) is 0 Å². The van der Waals surface area contributed by atoms with Crippen molar-refractivity contribution in [2.45, 2.75) is 19.4 Å². The minimum Gasteiger partial charge on any atom is -0.382 e. The topological polar surface area (TPSA) is 115 Å². The molecule has 3 aromatic heterocycles. The number of sulfonamides is 1. The van der Waals surface area contributed by atoms with Gasteiger partial charge in [0.25, 0.3) is 0 Å². The van der Waals surface area contributed by atoms with Crippen molar-refractivity contribution in [1.82, 2.24) is 33.6 Å². The van der Waals surface area contributed by atoms with Crippen molar-refractivity contribution in [1.29, 1.82) is 0 Å². The summed E-state index contributed by atoms with van der Waals surface area (Å²) < 4.78 is 29.0. The van der Waals surface area contributed by atoms with Crippen LogP contribution in [0.25, 0.3) is 27.5 Å². The van der Waals surface area contributed by atoms with E-state index in [9.17, 15) is 8.42 Å². The first-order valence-corrected chi connectivity index (χ1v) is 15.0. The highest BCUT2D eigenvalue weighted by Crippen LogP contribution is 2.32. The Balaban J connectivity index is 1.21. The van der Waals surface area contributed by atoms with E-state index in [2.05, 4.69) is 57.6 Å². The third-order valence-electron chi connectivity index (χ3n) is 7.42. The first kappa shape index (κ1) is 25.5. The van der Waals surface area contributed by atoms with Gasteiger partial charge in [-0.15, -0.1) is 0 Å². The minimum absolute atomic E-state index is 0.442. The molecule has 0 radical (unpaired) electrons. The fourth-order valence-corrected chi connectivity index (χ4v) is 6.21. The molecule has 0 bridgehead atoms. The van der Waals surface area contributed by atoms with Gasteiger partial charge in [-0.25, -0.2) is 17.9 Å². The van der Waals surface area contributed by atoms with Gasteiger partial charge < -0.3 is 10.6 Å². The first-order valence-electron chi connectivity index (χ1n) is 13.2. The molecule has 1 aliphatic rings. The maximum atomic E-state index is 11.8. The van der Waals surface area contributed by atoms with Gasteiger partial charge in [-0.05, 0) is 42.6 Å². The standard InChI is InChI=1S/C28H32N8O2S/c1-39(37,38)35-14-12-33(13-15-35)11-5-8-24-17-25(27-28(29)30-20-31-36(24)27)22-9-10-23-19-34(32-26(23)16-22)18-21-6-3-2-4-7-21/h2-4,6-7,9-10,16-17,19-20H,5,8,11-15,18H2,1H3,(H2,29,30,31). The zero-order valence-electron chi connectivity index (χ0n) is 21.9. The zero-order valence-corrected chi connectivity index (χ0v) is 22.8. The van der Waals surface area contributed by atoms with Crippen LogP contribution in [-0.2, 0) is 23.0 Å². The van der Waals surface area contributed by atoms with Crippen molar-refractivity contribution >= 4 is 32.3 Å². The third-order valence-corrected chi connectivity index (χ3v) is 8.72. The maximum Gasteiger partial charge on any atom is 0.211 e. The number of anilines is 1. The van der Waals surface area contributed by atoms with Gasteiger partial charge >= 0.3 is 0 Å². The van der Waals surface area contributed by atoms with Gasteiger partial charge in [-0.2, -0.15) is 14.5 Å². The predicted molar refractivity (Wildman–Crippen MR) is 153 cm³/mol. The van der Waals surface area contributed by atoms with Crippen LogP contribution >= 0.6 is 0 Å². The van der Waals surface area contributed by atoms with E-state index in [1.165, 1.54) is 18.1 Å². The first-order chi connectivity index (χ1) is 18.8. The number of nitrogens with two attached hydrogens (primary N) is 1. The Morgan fingerprint density at radius 1 is 1.00 bits per heavy atom. The number of nitrogen functional groups attached to an aromatic ring is 1. The summed E-state index contributed by atoms with van der Waals surface area (Å²) in [6.07, 6.45) is 6.59. The normalized spacial score (nSPS) is 15.4. The molecular formula is C28H32N8O2S. The van der Waals surface area contributed by atoms with Crippen molar-refractivity contribution < 1.29 is 8.42 Å². The predicted octanol–water partition coefficient (Wildman–Crippen LogP) is 2.89. The van der Waals surface area contributed by atoms with Crippen LogP contribution < -0.4 is 5.73 Å². The lowest BCUT2D eigenvalue weighted by atomic mass is 10.0. The van der Waals surface area contributed by atoms with Crippen LogP contribution in [0.4, 0.5) is 5.82 Å². The molecule has 1 fully saturated rings. The smallest absolute Gasteiger partial charge is 0.211 e. The molecule has 0 spiro atoms. The Morgan fingerprint density at radius 3 is 2.56 bits per heavy atom. The second kappa shape index (κ2) is 10.4. The van der Waals surface area contributed by atoms with Crippen molar-refractivity contribution in [3.63, 3.8) is 0 Å². The quantitative estimate of drug-likeness (QED) is 0.319. The van der Waals surface area contributed by atoms with E-state index >= 15 is 0 Å². The monoisotopic (exact) mass is 544 g/mol. The molecule has 1 aliphatic heterocycles. The molecule has 0 saturated carbocycles. The molecule has 2 aromatic carbocycles. The number of aryl methyl sites for hydroxylation is 1. The number of hydrogen-bond acceptors (Lipinski definition) is 7. The highest BCUT2D eigenvalue weighted by Gasteiger charge is 2.23. The Labute approximate surface area is 227 Å².